The molecule has 1 aliphatic carbocycles. The van der Waals surface area contributed by atoms with Crippen molar-refractivity contribution in [3.05, 3.63) is 0 Å². The highest BCUT2D eigenvalue weighted by atomic mass is 16.5. The van der Waals surface area contributed by atoms with Gasteiger partial charge in [-0.3, -0.25) is 0 Å². The number of hydrogen-bond donors (Lipinski definition) is 1. The number of hydrogen-bond acceptors (Lipinski definition) is 2. The molecule has 0 aliphatic heterocycles. The average molecular weight is 171 g/mol. The van der Waals surface area contributed by atoms with Crippen molar-refractivity contribution in [2.24, 2.45) is 0 Å². The van der Waals surface area contributed by atoms with E-state index in [1.54, 1.807) is 7.11 Å². The van der Waals surface area contributed by atoms with E-state index < -0.39 is 0 Å². The minimum atomic E-state index is 0.801. The van der Waals surface area contributed by atoms with Gasteiger partial charge in [0, 0.05) is 19.8 Å². The van der Waals surface area contributed by atoms with Crippen LogP contribution in [0.2, 0.25) is 0 Å². The molecule has 0 bridgehead atoms. The molecule has 0 aromatic rings. The zero-order valence-corrected chi connectivity index (χ0v) is 8.14. The monoisotopic (exact) mass is 171 g/mol. The Bertz CT molecular complexity index is 100. The maximum Gasteiger partial charge on any atom is 0.0474 e. The average Bonchev–Trinajstić information content (AvgIpc) is 2.14. The Kier molecular flexibility index (Phi) is 5.37. The smallest absolute Gasteiger partial charge is 0.0474 e. The second kappa shape index (κ2) is 6.44. The first-order chi connectivity index (χ1) is 5.93. The van der Waals surface area contributed by atoms with E-state index in [1.807, 2.05) is 0 Å². The van der Waals surface area contributed by atoms with Gasteiger partial charge in [-0.15, -0.1) is 0 Å². The lowest BCUT2D eigenvalue weighted by Gasteiger charge is -2.22. The Morgan fingerprint density at radius 2 is 2.00 bits per heavy atom. The van der Waals surface area contributed by atoms with Crippen LogP contribution in [0.1, 0.15) is 38.5 Å². The fourth-order valence-corrected chi connectivity index (χ4v) is 1.83. The van der Waals surface area contributed by atoms with Crippen molar-refractivity contribution in [2.45, 2.75) is 44.6 Å². The predicted octanol–water partition coefficient (Wildman–Crippen LogP) is 1.95. The van der Waals surface area contributed by atoms with E-state index in [4.69, 9.17) is 4.74 Å². The molecule has 1 rings (SSSR count). The van der Waals surface area contributed by atoms with Crippen LogP contribution in [0.15, 0.2) is 0 Å². The van der Waals surface area contributed by atoms with Crippen LogP contribution in [0.5, 0.6) is 0 Å². The van der Waals surface area contributed by atoms with Crippen LogP contribution in [0, 0.1) is 0 Å². The Morgan fingerprint density at radius 3 is 2.67 bits per heavy atom. The first kappa shape index (κ1) is 10.0. The molecule has 0 amide bonds. The molecular formula is C10H21NO. The van der Waals surface area contributed by atoms with Gasteiger partial charge in [0.05, 0.1) is 0 Å². The first-order valence-corrected chi connectivity index (χ1v) is 5.16. The zero-order valence-electron chi connectivity index (χ0n) is 8.14. The van der Waals surface area contributed by atoms with Crippen LogP contribution in [0.4, 0.5) is 0 Å². The first-order valence-electron chi connectivity index (χ1n) is 5.16. The molecule has 0 spiro atoms. The van der Waals surface area contributed by atoms with E-state index in [0.717, 1.165) is 25.6 Å². The van der Waals surface area contributed by atoms with Crippen LogP contribution in [-0.4, -0.2) is 26.3 Å². The molecule has 0 atom stereocenters. The van der Waals surface area contributed by atoms with Crippen LogP contribution in [0.3, 0.4) is 0 Å². The maximum absolute atomic E-state index is 4.99. The van der Waals surface area contributed by atoms with Gasteiger partial charge in [0.15, 0.2) is 0 Å². The van der Waals surface area contributed by atoms with Gasteiger partial charge < -0.3 is 10.1 Å². The third kappa shape index (κ3) is 4.07. The molecule has 0 aromatic heterocycles. The third-order valence-electron chi connectivity index (χ3n) is 2.56. The fraction of sp³-hybridized carbons (Fsp3) is 1.00. The van der Waals surface area contributed by atoms with Gasteiger partial charge in [-0.05, 0) is 25.8 Å². The molecule has 0 radical (unpaired) electrons. The second-order valence-corrected chi connectivity index (χ2v) is 3.64. The lowest BCUT2D eigenvalue weighted by Crippen LogP contribution is -2.32. The van der Waals surface area contributed by atoms with Crippen LogP contribution < -0.4 is 5.32 Å². The Morgan fingerprint density at radius 1 is 1.25 bits per heavy atom. The molecule has 0 heterocycles. The molecule has 0 saturated heterocycles. The van der Waals surface area contributed by atoms with Crippen molar-refractivity contribution >= 4 is 0 Å². The number of methoxy groups -OCH3 is 1. The number of nitrogens with one attached hydrogen (secondary N) is 1. The van der Waals surface area contributed by atoms with E-state index in [2.05, 4.69) is 5.32 Å². The third-order valence-corrected chi connectivity index (χ3v) is 2.56. The molecule has 1 N–H and O–H groups in total. The van der Waals surface area contributed by atoms with E-state index >= 15 is 0 Å². The van der Waals surface area contributed by atoms with Gasteiger partial charge in [-0.1, -0.05) is 19.3 Å². The van der Waals surface area contributed by atoms with Crippen LogP contribution in [-0.2, 0) is 4.74 Å². The Labute approximate surface area is 75.7 Å². The summed E-state index contributed by atoms with van der Waals surface area (Å²) >= 11 is 0. The van der Waals surface area contributed by atoms with Crippen LogP contribution in [0.25, 0.3) is 0 Å². The summed E-state index contributed by atoms with van der Waals surface area (Å²) in [7, 11) is 1.76. The summed E-state index contributed by atoms with van der Waals surface area (Å²) in [6, 6.07) is 0.801. The normalized spacial score (nSPS) is 19.8. The topological polar surface area (TPSA) is 21.3 Å². The fourth-order valence-electron chi connectivity index (χ4n) is 1.83. The molecule has 2 heteroatoms. The molecule has 2 nitrogen and oxygen atoms in total. The number of ether oxygens (including phenoxy) is 1. The van der Waals surface area contributed by atoms with Gasteiger partial charge in [-0.2, -0.15) is 0 Å². The van der Waals surface area contributed by atoms with Crippen molar-refractivity contribution in [1.82, 2.24) is 5.32 Å². The second-order valence-electron chi connectivity index (χ2n) is 3.64. The van der Waals surface area contributed by atoms with Crippen molar-refractivity contribution < 1.29 is 4.74 Å². The lowest BCUT2D eigenvalue weighted by atomic mass is 9.95. The molecule has 1 saturated carbocycles. The largest absolute Gasteiger partial charge is 0.385 e. The van der Waals surface area contributed by atoms with E-state index in [0.29, 0.717) is 0 Å². The SMILES string of the molecule is COCCCNC1CCCCC1. The zero-order chi connectivity index (χ0) is 8.65. The summed E-state index contributed by atoms with van der Waals surface area (Å²) < 4.78 is 4.99. The maximum atomic E-state index is 4.99. The summed E-state index contributed by atoms with van der Waals surface area (Å²) in [6.45, 7) is 2.01. The standard InChI is InChI=1S/C10H21NO/c1-12-9-5-8-11-10-6-3-2-4-7-10/h10-11H,2-9H2,1H3. The molecule has 72 valence electrons. The Balaban J connectivity index is 1.91. The van der Waals surface area contributed by atoms with Crippen LogP contribution >= 0.6 is 0 Å². The molecular weight excluding hydrogens is 150 g/mol. The molecule has 1 fully saturated rings. The summed E-state index contributed by atoms with van der Waals surface area (Å²) in [5.74, 6) is 0. The van der Waals surface area contributed by atoms with E-state index in [9.17, 15) is 0 Å². The predicted molar refractivity (Wildman–Crippen MR) is 51.4 cm³/mol. The van der Waals surface area contributed by atoms with Gasteiger partial charge in [0.2, 0.25) is 0 Å². The Hall–Kier alpha value is -0.0800. The molecule has 12 heavy (non-hydrogen) atoms. The van der Waals surface area contributed by atoms with E-state index in [1.165, 1.54) is 32.1 Å². The highest BCUT2D eigenvalue weighted by molar-refractivity contribution is 4.71. The van der Waals surface area contributed by atoms with Crippen molar-refractivity contribution in [3.8, 4) is 0 Å². The number of rotatable bonds is 5. The van der Waals surface area contributed by atoms with Crippen molar-refractivity contribution in [1.29, 1.82) is 0 Å². The van der Waals surface area contributed by atoms with Crippen molar-refractivity contribution in [2.75, 3.05) is 20.3 Å². The van der Waals surface area contributed by atoms with Gasteiger partial charge >= 0.3 is 0 Å². The quantitative estimate of drug-likeness (QED) is 0.638. The summed E-state index contributed by atoms with van der Waals surface area (Å²) in [5, 5.41) is 3.58. The summed E-state index contributed by atoms with van der Waals surface area (Å²) in [5.41, 5.74) is 0. The van der Waals surface area contributed by atoms with Gasteiger partial charge in [-0.25, -0.2) is 0 Å². The lowest BCUT2D eigenvalue weighted by molar-refractivity contribution is 0.192. The summed E-state index contributed by atoms with van der Waals surface area (Å²) in [4.78, 5) is 0. The van der Waals surface area contributed by atoms with Gasteiger partial charge in [0.25, 0.3) is 0 Å². The summed E-state index contributed by atoms with van der Waals surface area (Å²) in [6.07, 6.45) is 8.19. The minimum absolute atomic E-state index is 0.801. The minimum Gasteiger partial charge on any atom is -0.385 e. The van der Waals surface area contributed by atoms with E-state index in [-0.39, 0.29) is 0 Å². The van der Waals surface area contributed by atoms with Gasteiger partial charge in [0.1, 0.15) is 0 Å². The molecule has 1 aliphatic rings. The highest BCUT2D eigenvalue weighted by Gasteiger charge is 2.11. The molecule has 0 unspecified atom stereocenters. The highest BCUT2D eigenvalue weighted by Crippen LogP contribution is 2.16. The molecule has 0 aromatic carbocycles. The van der Waals surface area contributed by atoms with Crippen molar-refractivity contribution in [3.63, 3.8) is 0 Å².